The Hall–Kier alpha value is -4.43. The Balaban J connectivity index is 1.81. The van der Waals surface area contributed by atoms with Crippen LogP contribution in [0.25, 0.3) is 0 Å². The minimum atomic E-state index is -4.12. The van der Waals surface area contributed by atoms with Gasteiger partial charge in [0.2, 0.25) is 11.8 Å². The summed E-state index contributed by atoms with van der Waals surface area (Å²) in [6, 6.07) is 29.8. The third kappa shape index (κ3) is 7.70. The molecule has 0 aliphatic heterocycles. The summed E-state index contributed by atoms with van der Waals surface area (Å²) in [6.45, 7) is 7.71. The van der Waals surface area contributed by atoms with Crippen molar-refractivity contribution in [1.29, 1.82) is 0 Å². The minimum absolute atomic E-state index is 0.0797. The molecule has 0 aliphatic rings. The summed E-state index contributed by atoms with van der Waals surface area (Å²) in [7, 11) is -4.12. The van der Waals surface area contributed by atoms with E-state index >= 15 is 0 Å². The molecule has 224 valence electrons. The van der Waals surface area contributed by atoms with E-state index in [9.17, 15) is 18.0 Å². The molecule has 1 N–H and O–H groups in total. The minimum Gasteiger partial charge on any atom is -0.355 e. The monoisotopic (exact) mass is 597 g/mol. The van der Waals surface area contributed by atoms with Gasteiger partial charge in [0.05, 0.1) is 10.6 Å². The smallest absolute Gasteiger partial charge is 0.264 e. The van der Waals surface area contributed by atoms with E-state index in [0.717, 1.165) is 32.1 Å². The van der Waals surface area contributed by atoms with Gasteiger partial charge in [0.25, 0.3) is 10.0 Å². The van der Waals surface area contributed by atoms with E-state index in [1.807, 2.05) is 88.4 Å². The number of carbonyl (C=O) groups excluding carboxylic acids is 2. The summed E-state index contributed by atoms with van der Waals surface area (Å²) in [5.74, 6) is -0.773. The first-order valence-corrected chi connectivity index (χ1v) is 15.9. The van der Waals surface area contributed by atoms with E-state index in [2.05, 4.69) is 5.32 Å². The molecule has 0 fully saturated rings. The summed E-state index contributed by atoms with van der Waals surface area (Å²) < 4.78 is 29.3. The highest BCUT2D eigenvalue weighted by molar-refractivity contribution is 7.92. The van der Waals surface area contributed by atoms with Crippen LogP contribution in [0.15, 0.2) is 108 Å². The molecule has 4 aromatic rings. The number of anilines is 1. The molecule has 0 spiro atoms. The molecule has 0 bridgehead atoms. The fourth-order valence-electron chi connectivity index (χ4n) is 4.95. The Bertz CT molecular complexity index is 1660. The number of sulfonamides is 1. The number of benzene rings is 4. The van der Waals surface area contributed by atoms with Gasteiger partial charge in [-0.2, -0.15) is 0 Å². The fraction of sp³-hybridized carbons (Fsp3) is 0.257. The zero-order valence-electron chi connectivity index (χ0n) is 25.2. The first-order chi connectivity index (χ1) is 20.6. The molecule has 4 rings (SSSR count). The average molecular weight is 598 g/mol. The molecule has 0 saturated heterocycles. The standard InChI is InChI=1S/C35H39N3O4S/c1-5-36-35(40)33(23-29-15-8-6-9-16-29)37(24-30-17-13-12-14-27(30)3)34(39)25-38(31-21-20-26(2)28(4)22-31)43(41,42)32-18-10-7-11-19-32/h6-22,33H,5,23-25H2,1-4H3,(H,36,40). The van der Waals surface area contributed by atoms with Crippen LogP contribution in [-0.4, -0.2) is 44.3 Å². The Morgan fingerprint density at radius 1 is 0.767 bits per heavy atom. The van der Waals surface area contributed by atoms with Crippen LogP contribution in [0.1, 0.15) is 34.7 Å². The summed E-state index contributed by atoms with van der Waals surface area (Å²) in [6.07, 6.45) is 0.277. The number of nitrogens with zero attached hydrogens (tertiary/aromatic N) is 2. The molecule has 1 unspecified atom stereocenters. The molecule has 2 amide bonds. The maximum Gasteiger partial charge on any atom is 0.264 e. The number of hydrogen-bond donors (Lipinski definition) is 1. The van der Waals surface area contributed by atoms with Gasteiger partial charge in [-0.15, -0.1) is 0 Å². The van der Waals surface area contributed by atoms with Crippen molar-refractivity contribution in [2.75, 3.05) is 17.4 Å². The van der Waals surface area contributed by atoms with E-state index in [4.69, 9.17) is 0 Å². The van der Waals surface area contributed by atoms with Crippen LogP contribution >= 0.6 is 0 Å². The first kappa shape index (κ1) is 31.5. The van der Waals surface area contributed by atoms with Gasteiger partial charge >= 0.3 is 0 Å². The van der Waals surface area contributed by atoms with Gasteiger partial charge in [-0.05, 0) is 79.8 Å². The van der Waals surface area contributed by atoms with Gasteiger partial charge in [-0.25, -0.2) is 8.42 Å². The fourth-order valence-corrected chi connectivity index (χ4v) is 6.37. The largest absolute Gasteiger partial charge is 0.355 e. The second-order valence-electron chi connectivity index (χ2n) is 10.6. The molecular weight excluding hydrogens is 558 g/mol. The molecule has 43 heavy (non-hydrogen) atoms. The maximum atomic E-state index is 14.5. The van der Waals surface area contributed by atoms with Crippen molar-refractivity contribution in [1.82, 2.24) is 10.2 Å². The SMILES string of the molecule is CCNC(=O)C(Cc1ccccc1)N(Cc1ccccc1C)C(=O)CN(c1ccc(C)c(C)c1)S(=O)(=O)c1ccccc1. The van der Waals surface area contributed by atoms with E-state index in [0.29, 0.717) is 12.2 Å². The first-order valence-electron chi connectivity index (χ1n) is 14.4. The molecule has 0 aromatic heterocycles. The molecule has 4 aromatic carbocycles. The van der Waals surface area contributed by atoms with E-state index in [1.54, 1.807) is 30.3 Å². The van der Waals surface area contributed by atoms with Gasteiger partial charge in [0.1, 0.15) is 12.6 Å². The Labute approximate surface area is 255 Å². The quantitative estimate of drug-likeness (QED) is 0.231. The molecular formula is C35H39N3O4S. The average Bonchev–Trinajstić information content (AvgIpc) is 3.01. The number of rotatable bonds is 12. The van der Waals surface area contributed by atoms with Crippen LogP contribution in [0.2, 0.25) is 0 Å². The van der Waals surface area contributed by atoms with Crippen molar-refractivity contribution in [3.8, 4) is 0 Å². The highest BCUT2D eigenvalue weighted by atomic mass is 32.2. The van der Waals surface area contributed by atoms with Crippen LogP contribution in [0.4, 0.5) is 5.69 Å². The van der Waals surface area contributed by atoms with E-state index < -0.39 is 28.5 Å². The van der Waals surface area contributed by atoms with Crippen molar-refractivity contribution in [2.24, 2.45) is 0 Å². The number of hydrogen-bond acceptors (Lipinski definition) is 4. The third-order valence-corrected chi connectivity index (χ3v) is 9.40. The molecule has 0 aliphatic carbocycles. The predicted octanol–water partition coefficient (Wildman–Crippen LogP) is 5.58. The normalized spacial score (nSPS) is 11.9. The van der Waals surface area contributed by atoms with Crippen LogP contribution in [0, 0.1) is 20.8 Å². The van der Waals surface area contributed by atoms with Gasteiger partial charge in [-0.3, -0.25) is 13.9 Å². The number of aryl methyl sites for hydroxylation is 3. The zero-order valence-corrected chi connectivity index (χ0v) is 26.0. The zero-order chi connectivity index (χ0) is 31.0. The summed E-state index contributed by atoms with van der Waals surface area (Å²) in [5.41, 5.74) is 5.03. The molecule has 8 heteroatoms. The van der Waals surface area contributed by atoms with Crippen LogP contribution in [0.5, 0.6) is 0 Å². The molecule has 1 atom stereocenters. The van der Waals surface area contributed by atoms with Crippen molar-refractivity contribution >= 4 is 27.5 Å². The van der Waals surface area contributed by atoms with E-state index in [-0.39, 0.29) is 23.8 Å². The lowest BCUT2D eigenvalue weighted by Gasteiger charge is -2.34. The highest BCUT2D eigenvalue weighted by Crippen LogP contribution is 2.27. The third-order valence-electron chi connectivity index (χ3n) is 7.61. The van der Waals surface area contributed by atoms with E-state index in [1.165, 1.54) is 17.0 Å². The lowest BCUT2D eigenvalue weighted by molar-refractivity contribution is -0.140. The van der Waals surface area contributed by atoms with Crippen molar-refractivity contribution in [3.05, 3.63) is 131 Å². The Kier molecular flexibility index (Phi) is 10.4. The lowest BCUT2D eigenvalue weighted by atomic mass is 10.0. The number of nitrogens with one attached hydrogen (secondary N) is 1. The Morgan fingerprint density at radius 2 is 1.40 bits per heavy atom. The molecule has 0 heterocycles. The van der Waals surface area contributed by atoms with Gasteiger partial charge in [0, 0.05) is 19.5 Å². The van der Waals surface area contributed by atoms with Gasteiger partial charge in [0.15, 0.2) is 0 Å². The topological polar surface area (TPSA) is 86.8 Å². The molecule has 0 saturated carbocycles. The van der Waals surface area contributed by atoms with Crippen LogP contribution in [-0.2, 0) is 32.6 Å². The number of amides is 2. The lowest BCUT2D eigenvalue weighted by Crippen LogP contribution is -2.53. The summed E-state index contributed by atoms with van der Waals surface area (Å²) in [4.78, 5) is 29.6. The second-order valence-corrected chi connectivity index (χ2v) is 12.5. The van der Waals surface area contributed by atoms with Crippen LogP contribution in [0.3, 0.4) is 0 Å². The second kappa shape index (κ2) is 14.2. The van der Waals surface area contributed by atoms with Crippen molar-refractivity contribution < 1.29 is 18.0 Å². The van der Waals surface area contributed by atoms with Crippen molar-refractivity contribution in [2.45, 2.75) is 51.6 Å². The van der Waals surface area contributed by atoms with Gasteiger partial charge < -0.3 is 10.2 Å². The maximum absolute atomic E-state index is 14.5. The highest BCUT2D eigenvalue weighted by Gasteiger charge is 2.34. The van der Waals surface area contributed by atoms with Gasteiger partial charge in [-0.1, -0.05) is 78.9 Å². The Morgan fingerprint density at radius 3 is 2.02 bits per heavy atom. The summed E-state index contributed by atoms with van der Waals surface area (Å²) in [5, 5.41) is 2.89. The number of carbonyl (C=O) groups is 2. The molecule has 0 radical (unpaired) electrons. The van der Waals surface area contributed by atoms with Crippen LogP contribution < -0.4 is 9.62 Å². The molecule has 7 nitrogen and oxygen atoms in total. The summed E-state index contributed by atoms with van der Waals surface area (Å²) >= 11 is 0. The number of likely N-dealkylation sites (N-methyl/N-ethyl adjacent to an activating group) is 1. The predicted molar refractivity (Wildman–Crippen MR) is 171 cm³/mol. The van der Waals surface area contributed by atoms with Crippen molar-refractivity contribution in [3.63, 3.8) is 0 Å².